The molecule has 0 spiro atoms. The molecular weight excluding hydrogens is 430 g/mol. The first-order valence-electron chi connectivity index (χ1n) is 9.53. The van der Waals surface area contributed by atoms with E-state index in [0.717, 1.165) is 0 Å². The van der Waals surface area contributed by atoms with Gasteiger partial charge < -0.3 is 14.2 Å². The summed E-state index contributed by atoms with van der Waals surface area (Å²) in [6, 6.07) is 16.3. The predicted octanol–water partition coefficient (Wildman–Crippen LogP) is 3.60. The third-order valence-corrected chi connectivity index (χ3v) is 4.43. The lowest BCUT2D eigenvalue weighted by molar-refractivity contribution is -0.384. The van der Waals surface area contributed by atoms with E-state index < -0.39 is 16.8 Å². The molecule has 0 unspecified atom stereocenters. The number of esters is 1. The predicted molar refractivity (Wildman–Crippen MR) is 119 cm³/mol. The molecule has 0 bridgehead atoms. The number of ether oxygens (including phenoxy) is 3. The molecule has 0 aliphatic rings. The van der Waals surface area contributed by atoms with Crippen molar-refractivity contribution in [3.63, 3.8) is 0 Å². The molecule has 168 valence electrons. The number of non-ortho nitro benzene ring substituents is 1. The molecule has 0 aromatic heterocycles. The monoisotopic (exact) mass is 449 g/mol. The Morgan fingerprint density at radius 1 is 0.909 bits per heavy atom. The Hall–Kier alpha value is -4.73. The van der Waals surface area contributed by atoms with Gasteiger partial charge in [0.05, 0.1) is 30.9 Å². The molecular formula is C23H19N3O7. The van der Waals surface area contributed by atoms with Crippen LogP contribution in [0.1, 0.15) is 26.3 Å². The fourth-order valence-corrected chi connectivity index (χ4v) is 2.72. The molecule has 0 aliphatic carbocycles. The Labute approximate surface area is 188 Å². The number of nitrogens with one attached hydrogen (secondary N) is 1. The van der Waals surface area contributed by atoms with E-state index in [-0.39, 0.29) is 11.3 Å². The number of hydrazone groups is 1. The number of nitrogens with zero attached hydrogens (tertiary/aromatic N) is 2. The minimum atomic E-state index is -0.562. The second-order valence-corrected chi connectivity index (χ2v) is 6.53. The molecule has 0 radical (unpaired) electrons. The summed E-state index contributed by atoms with van der Waals surface area (Å²) in [5.74, 6) is 0.156. The van der Waals surface area contributed by atoms with Gasteiger partial charge in [0.15, 0.2) is 11.5 Å². The molecule has 3 rings (SSSR count). The van der Waals surface area contributed by atoms with Gasteiger partial charge in [0.1, 0.15) is 5.75 Å². The summed E-state index contributed by atoms with van der Waals surface area (Å²) in [7, 11) is 2.98. The van der Waals surface area contributed by atoms with Gasteiger partial charge >= 0.3 is 5.97 Å². The van der Waals surface area contributed by atoms with E-state index in [4.69, 9.17) is 14.2 Å². The number of amides is 1. The van der Waals surface area contributed by atoms with Crippen LogP contribution in [0.4, 0.5) is 5.69 Å². The smallest absolute Gasteiger partial charge is 0.343 e. The van der Waals surface area contributed by atoms with E-state index in [1.54, 1.807) is 36.4 Å². The average Bonchev–Trinajstić information content (AvgIpc) is 2.84. The van der Waals surface area contributed by atoms with E-state index in [1.165, 1.54) is 50.8 Å². The Kier molecular flexibility index (Phi) is 7.32. The summed E-state index contributed by atoms with van der Waals surface area (Å²) < 4.78 is 15.7. The summed E-state index contributed by atoms with van der Waals surface area (Å²) >= 11 is 0. The molecule has 10 heteroatoms. The molecule has 0 atom stereocenters. The van der Waals surface area contributed by atoms with Crippen molar-refractivity contribution in [3.05, 3.63) is 93.5 Å². The summed E-state index contributed by atoms with van der Waals surface area (Å²) in [5.41, 5.74) is 3.40. The van der Waals surface area contributed by atoms with Crippen molar-refractivity contribution >= 4 is 23.8 Å². The van der Waals surface area contributed by atoms with Gasteiger partial charge in [-0.1, -0.05) is 0 Å². The summed E-state index contributed by atoms with van der Waals surface area (Å²) in [6.07, 6.45) is 1.41. The molecule has 3 aromatic rings. The molecule has 0 saturated heterocycles. The molecule has 10 nitrogen and oxygen atoms in total. The van der Waals surface area contributed by atoms with E-state index in [9.17, 15) is 19.7 Å². The second-order valence-electron chi connectivity index (χ2n) is 6.53. The van der Waals surface area contributed by atoms with Crippen molar-refractivity contribution < 1.29 is 28.7 Å². The van der Waals surface area contributed by atoms with Crippen LogP contribution in [0.5, 0.6) is 17.2 Å². The molecule has 1 amide bonds. The van der Waals surface area contributed by atoms with Gasteiger partial charge in [0.25, 0.3) is 11.6 Å². The van der Waals surface area contributed by atoms with Crippen molar-refractivity contribution in [1.29, 1.82) is 0 Å². The third kappa shape index (κ3) is 5.91. The minimum Gasteiger partial charge on any atom is -0.493 e. The largest absolute Gasteiger partial charge is 0.493 e. The van der Waals surface area contributed by atoms with Crippen LogP contribution in [0.2, 0.25) is 0 Å². The van der Waals surface area contributed by atoms with Gasteiger partial charge in [-0.3, -0.25) is 14.9 Å². The Bertz CT molecular complexity index is 1190. The number of methoxy groups -OCH3 is 2. The van der Waals surface area contributed by atoms with Gasteiger partial charge in [-0.05, 0) is 60.2 Å². The van der Waals surface area contributed by atoms with E-state index >= 15 is 0 Å². The van der Waals surface area contributed by atoms with E-state index in [1.807, 2.05) is 0 Å². The van der Waals surface area contributed by atoms with Gasteiger partial charge in [-0.2, -0.15) is 5.10 Å². The van der Waals surface area contributed by atoms with Crippen LogP contribution < -0.4 is 19.6 Å². The van der Waals surface area contributed by atoms with Crippen molar-refractivity contribution in [2.24, 2.45) is 5.10 Å². The summed E-state index contributed by atoms with van der Waals surface area (Å²) in [5, 5.41) is 14.5. The van der Waals surface area contributed by atoms with Gasteiger partial charge in [-0.15, -0.1) is 0 Å². The molecule has 1 N–H and O–H groups in total. The lowest BCUT2D eigenvalue weighted by atomic mass is 10.2. The highest BCUT2D eigenvalue weighted by Crippen LogP contribution is 2.28. The molecule has 0 fully saturated rings. The third-order valence-electron chi connectivity index (χ3n) is 4.43. The molecule has 0 heterocycles. The second kappa shape index (κ2) is 10.5. The fourth-order valence-electron chi connectivity index (χ4n) is 2.72. The first-order valence-corrected chi connectivity index (χ1v) is 9.53. The number of carbonyl (C=O) groups excluding carboxylic acids is 2. The van der Waals surface area contributed by atoms with Crippen molar-refractivity contribution in [2.45, 2.75) is 0 Å². The van der Waals surface area contributed by atoms with Crippen molar-refractivity contribution in [1.82, 2.24) is 5.43 Å². The zero-order chi connectivity index (χ0) is 23.8. The first-order chi connectivity index (χ1) is 15.9. The van der Waals surface area contributed by atoms with Gasteiger partial charge in [-0.25, -0.2) is 10.2 Å². The molecule has 0 aliphatic heterocycles. The maximum absolute atomic E-state index is 12.4. The van der Waals surface area contributed by atoms with E-state index in [0.29, 0.717) is 28.4 Å². The summed E-state index contributed by atoms with van der Waals surface area (Å²) in [4.78, 5) is 34.5. The highest BCUT2D eigenvalue weighted by atomic mass is 16.6. The normalized spacial score (nSPS) is 10.5. The van der Waals surface area contributed by atoms with Crippen LogP contribution in [-0.2, 0) is 0 Å². The molecule has 3 aromatic carbocycles. The molecule has 33 heavy (non-hydrogen) atoms. The zero-order valence-corrected chi connectivity index (χ0v) is 17.7. The Morgan fingerprint density at radius 2 is 1.55 bits per heavy atom. The van der Waals surface area contributed by atoms with Crippen LogP contribution in [0.3, 0.4) is 0 Å². The lowest BCUT2D eigenvalue weighted by Crippen LogP contribution is -2.17. The average molecular weight is 449 g/mol. The van der Waals surface area contributed by atoms with Crippen molar-refractivity contribution in [3.8, 4) is 17.2 Å². The maximum atomic E-state index is 12.4. The number of carbonyl (C=O) groups is 2. The Morgan fingerprint density at radius 3 is 2.15 bits per heavy atom. The van der Waals surface area contributed by atoms with Crippen LogP contribution in [0, 0.1) is 10.1 Å². The van der Waals surface area contributed by atoms with Crippen LogP contribution >= 0.6 is 0 Å². The number of hydrogen-bond donors (Lipinski definition) is 1. The number of nitro groups is 1. The SMILES string of the molecule is COc1ccc(C(=O)Oc2ccc(/C=N/NC(=O)c3ccc([N+](=O)[O-])cc3)cc2)cc1OC. The van der Waals surface area contributed by atoms with E-state index in [2.05, 4.69) is 10.5 Å². The van der Waals surface area contributed by atoms with Gasteiger partial charge in [0, 0.05) is 17.7 Å². The van der Waals surface area contributed by atoms with Crippen molar-refractivity contribution in [2.75, 3.05) is 14.2 Å². The van der Waals surface area contributed by atoms with Gasteiger partial charge in [0.2, 0.25) is 0 Å². The summed E-state index contributed by atoms with van der Waals surface area (Å²) in [6.45, 7) is 0. The topological polar surface area (TPSA) is 129 Å². The van der Waals surface area contributed by atoms with Crippen LogP contribution in [-0.4, -0.2) is 37.2 Å². The quantitative estimate of drug-likeness (QED) is 0.183. The highest BCUT2D eigenvalue weighted by Gasteiger charge is 2.13. The number of hydrogen-bond acceptors (Lipinski definition) is 8. The fraction of sp³-hybridized carbons (Fsp3) is 0.0870. The Balaban J connectivity index is 1.57. The number of rotatable bonds is 8. The lowest BCUT2D eigenvalue weighted by Gasteiger charge is -2.09. The standard InChI is InChI=1S/C23H19N3O7/c1-31-20-12-7-17(13-21(20)32-2)23(28)33-19-10-3-15(4-11-19)14-24-25-22(27)16-5-8-18(9-6-16)26(29)30/h3-14H,1-2H3,(H,25,27)/b24-14+. The zero-order valence-electron chi connectivity index (χ0n) is 17.7. The molecule has 0 saturated carbocycles. The highest BCUT2D eigenvalue weighted by molar-refractivity contribution is 5.95. The van der Waals surface area contributed by atoms with Crippen LogP contribution in [0.15, 0.2) is 71.8 Å². The number of nitro benzene ring substituents is 1. The van der Waals surface area contributed by atoms with Crippen LogP contribution in [0.25, 0.3) is 0 Å². The minimum absolute atomic E-state index is 0.109. The number of benzene rings is 3. The first kappa shape index (κ1) is 22.9. The maximum Gasteiger partial charge on any atom is 0.343 e.